The van der Waals surface area contributed by atoms with Gasteiger partial charge in [-0.25, -0.2) is 0 Å². The van der Waals surface area contributed by atoms with Crippen LogP contribution in [0.3, 0.4) is 0 Å². The van der Waals surface area contributed by atoms with Crippen molar-refractivity contribution in [3.8, 4) is 0 Å². The molecule has 1 saturated carbocycles. The van der Waals surface area contributed by atoms with E-state index in [0.29, 0.717) is 12.3 Å². The van der Waals surface area contributed by atoms with E-state index in [1.807, 2.05) is 90.0 Å². The van der Waals surface area contributed by atoms with Gasteiger partial charge in [-0.15, -0.1) is 5.73 Å². The quantitative estimate of drug-likeness (QED) is 0.206. The van der Waals surface area contributed by atoms with Crippen molar-refractivity contribution in [2.24, 2.45) is 23.2 Å². The van der Waals surface area contributed by atoms with Gasteiger partial charge in [-0.3, -0.25) is 4.79 Å². The summed E-state index contributed by atoms with van der Waals surface area (Å²) in [5.41, 5.74) is 16.1. The van der Waals surface area contributed by atoms with Crippen LogP contribution in [0.25, 0.3) is 0 Å². The molecule has 50 heavy (non-hydrogen) atoms. The van der Waals surface area contributed by atoms with Gasteiger partial charge >= 0.3 is 0 Å². The lowest BCUT2D eigenvalue weighted by Gasteiger charge is -2.27. The Balaban J connectivity index is -0.000000621. The highest BCUT2D eigenvalue weighted by atomic mass is 16.1. The molecule has 0 N–H and O–H groups in total. The molecular formula is C49H86O. The molecule has 0 spiro atoms. The molecule has 3 aliphatic carbocycles. The number of carbonyl (C=O) groups is 1. The van der Waals surface area contributed by atoms with Gasteiger partial charge in [0.25, 0.3) is 0 Å². The Morgan fingerprint density at radius 2 is 1.28 bits per heavy atom. The van der Waals surface area contributed by atoms with Crippen LogP contribution in [0.5, 0.6) is 0 Å². The summed E-state index contributed by atoms with van der Waals surface area (Å²) in [5, 5.41) is 0. The maximum atomic E-state index is 13.2. The van der Waals surface area contributed by atoms with E-state index in [1.165, 1.54) is 46.3 Å². The van der Waals surface area contributed by atoms with Crippen LogP contribution in [0.1, 0.15) is 191 Å². The largest absolute Gasteiger partial charge is 0.294 e. The molecule has 4 rings (SSSR count). The average molecular weight is 691 g/mol. The van der Waals surface area contributed by atoms with E-state index in [4.69, 9.17) is 0 Å². The number of ketones is 1. The molecule has 1 nitrogen and oxygen atoms in total. The molecule has 0 heterocycles. The third-order valence-electron chi connectivity index (χ3n) is 8.35. The summed E-state index contributed by atoms with van der Waals surface area (Å²) in [6, 6.07) is 4.19. The molecular weight excluding hydrogens is 605 g/mol. The first kappa shape index (κ1) is 54.2. The number of allylic oxidation sites excluding steroid dienone is 9. The lowest BCUT2D eigenvalue weighted by atomic mass is 9.78. The number of fused-ring (bicyclic) bond motifs is 1. The summed E-state index contributed by atoms with van der Waals surface area (Å²) in [4.78, 5) is 13.2. The molecule has 0 aliphatic heterocycles. The molecule has 1 heteroatoms. The van der Waals surface area contributed by atoms with Crippen molar-refractivity contribution in [3.63, 3.8) is 0 Å². The van der Waals surface area contributed by atoms with Gasteiger partial charge in [0, 0.05) is 17.6 Å². The number of carbonyl (C=O) groups excluding carboxylic acids is 1. The van der Waals surface area contributed by atoms with Crippen molar-refractivity contribution in [2.45, 2.75) is 184 Å². The Kier molecular flexibility index (Phi) is 32.5. The maximum Gasteiger partial charge on any atom is 0.167 e. The second kappa shape index (κ2) is 30.0. The number of rotatable bonds is 7. The van der Waals surface area contributed by atoms with Gasteiger partial charge in [0.05, 0.1) is 0 Å². The van der Waals surface area contributed by atoms with Crippen LogP contribution in [-0.4, -0.2) is 5.78 Å². The molecule has 0 radical (unpaired) electrons. The number of hydrogen-bond acceptors (Lipinski definition) is 1. The number of aryl methyl sites for hydroxylation is 3. The van der Waals surface area contributed by atoms with E-state index in [2.05, 4.69) is 105 Å². The van der Waals surface area contributed by atoms with Crippen LogP contribution >= 0.6 is 0 Å². The van der Waals surface area contributed by atoms with Gasteiger partial charge < -0.3 is 0 Å². The molecule has 3 aliphatic rings. The highest BCUT2D eigenvalue weighted by Gasteiger charge is 2.46. The van der Waals surface area contributed by atoms with E-state index >= 15 is 0 Å². The smallest absolute Gasteiger partial charge is 0.167 e. The number of benzene rings is 1. The fraction of sp³-hybridized carbons (Fsp3) is 0.633. The van der Waals surface area contributed by atoms with Crippen molar-refractivity contribution in [1.82, 2.24) is 0 Å². The Labute approximate surface area is 315 Å². The molecule has 288 valence electrons. The third-order valence-corrected chi connectivity index (χ3v) is 8.35. The molecule has 0 aromatic heterocycles. The predicted octanol–water partition coefficient (Wildman–Crippen LogP) is 16.7. The SMILES string of the molecule is C=C=C(C1=C(C)CC(CC(=O)c2cc(C)c(C)cc2C)=C1)C(C)CC1=CC=C(C(C)(C)C)C2CC12.CC.CC.CC.CC.CC.CC.CCC. The Bertz CT molecular complexity index is 1260. The number of Topliss-reactive ketones (excluding diaryl/α,β-unsaturated/α-hetero) is 1. The highest BCUT2D eigenvalue weighted by molar-refractivity contribution is 5.99. The maximum absolute atomic E-state index is 13.2. The second-order valence-electron chi connectivity index (χ2n) is 13.0. The van der Waals surface area contributed by atoms with Gasteiger partial charge in [0.15, 0.2) is 5.78 Å². The molecule has 0 bridgehead atoms. The monoisotopic (exact) mass is 691 g/mol. The predicted molar refractivity (Wildman–Crippen MR) is 233 cm³/mol. The van der Waals surface area contributed by atoms with Gasteiger partial charge in [0.2, 0.25) is 0 Å². The summed E-state index contributed by atoms with van der Waals surface area (Å²) < 4.78 is 0. The van der Waals surface area contributed by atoms with Crippen LogP contribution in [0.2, 0.25) is 0 Å². The van der Waals surface area contributed by atoms with E-state index in [9.17, 15) is 4.79 Å². The zero-order valence-electron chi connectivity index (χ0n) is 37.8. The van der Waals surface area contributed by atoms with Crippen LogP contribution in [0.4, 0.5) is 0 Å². The average Bonchev–Trinajstić information content (AvgIpc) is 3.85. The summed E-state index contributed by atoms with van der Waals surface area (Å²) in [5.74, 6) is 2.06. The van der Waals surface area contributed by atoms with Crippen molar-refractivity contribution in [1.29, 1.82) is 0 Å². The zero-order chi connectivity index (χ0) is 40.4. The molecule has 1 fully saturated rings. The molecule has 0 amide bonds. The topological polar surface area (TPSA) is 17.1 Å². The van der Waals surface area contributed by atoms with E-state index in [1.54, 1.807) is 11.1 Å². The lowest BCUT2D eigenvalue weighted by molar-refractivity contribution is 0.0992. The minimum atomic E-state index is 0.219. The Hall–Kier alpha value is -2.63. The molecule has 3 unspecified atom stereocenters. The first-order chi connectivity index (χ1) is 23.8. The highest BCUT2D eigenvalue weighted by Crippen LogP contribution is 2.57. The minimum Gasteiger partial charge on any atom is -0.294 e. The van der Waals surface area contributed by atoms with Crippen LogP contribution in [0, 0.1) is 43.9 Å². The van der Waals surface area contributed by atoms with E-state index < -0.39 is 0 Å². The van der Waals surface area contributed by atoms with Crippen molar-refractivity contribution in [3.05, 3.63) is 98.4 Å². The van der Waals surface area contributed by atoms with Crippen molar-refractivity contribution >= 4 is 5.78 Å². The summed E-state index contributed by atoms with van der Waals surface area (Å²) >= 11 is 0. The van der Waals surface area contributed by atoms with Gasteiger partial charge in [-0.2, -0.15) is 0 Å². The molecule has 0 saturated heterocycles. The first-order valence-corrected chi connectivity index (χ1v) is 20.6. The van der Waals surface area contributed by atoms with Crippen molar-refractivity contribution < 1.29 is 4.79 Å². The fourth-order valence-corrected chi connectivity index (χ4v) is 6.21. The van der Waals surface area contributed by atoms with E-state index in [0.717, 1.165) is 35.8 Å². The summed E-state index contributed by atoms with van der Waals surface area (Å²) in [6.45, 7) is 50.1. The lowest BCUT2D eigenvalue weighted by Crippen LogP contribution is -2.15. The minimum absolute atomic E-state index is 0.219. The number of hydrogen-bond donors (Lipinski definition) is 0. The Morgan fingerprint density at radius 3 is 1.74 bits per heavy atom. The van der Waals surface area contributed by atoms with Crippen molar-refractivity contribution in [2.75, 3.05) is 0 Å². The van der Waals surface area contributed by atoms with Gasteiger partial charge in [0.1, 0.15) is 0 Å². The molecule has 1 aromatic carbocycles. The fourth-order valence-electron chi connectivity index (χ4n) is 6.21. The summed E-state index contributed by atoms with van der Waals surface area (Å²) in [6.07, 6.45) is 12.0. The van der Waals surface area contributed by atoms with Crippen LogP contribution in [-0.2, 0) is 0 Å². The van der Waals surface area contributed by atoms with Crippen LogP contribution in [0.15, 0.2) is 76.1 Å². The van der Waals surface area contributed by atoms with Gasteiger partial charge in [-0.1, -0.05) is 184 Å². The summed E-state index contributed by atoms with van der Waals surface area (Å²) in [7, 11) is 0. The molecule has 3 atom stereocenters. The van der Waals surface area contributed by atoms with Gasteiger partial charge in [-0.05, 0) is 98.5 Å². The zero-order valence-corrected chi connectivity index (χ0v) is 37.8. The Morgan fingerprint density at radius 1 is 0.800 bits per heavy atom. The standard InChI is InChI=1S/C34H42O.C3H8.6C2H6/c1-10-27(24(6)15-26-11-12-32(34(7,8)9)31-19-30(26)31)28-17-25(14-23(28)5)18-33(35)29-16-21(3)20(2)13-22(29)4;1-3-2;6*1-2/h11-13,16-17,24,30-31H,1,14-15,18-19H2,2-9H3;3H2,1-2H3;6*1-2H3. The van der Waals surface area contributed by atoms with Crippen LogP contribution < -0.4 is 0 Å². The molecule has 1 aromatic rings. The van der Waals surface area contributed by atoms with E-state index in [-0.39, 0.29) is 11.2 Å². The third kappa shape index (κ3) is 17.1. The second-order valence-corrected chi connectivity index (χ2v) is 13.0. The normalized spacial score (nSPS) is 16.6. The first-order valence-electron chi connectivity index (χ1n) is 20.6.